The molecule has 1 fully saturated rings. The quantitative estimate of drug-likeness (QED) is 0.883. The normalized spacial score (nSPS) is 20.4. The monoisotopic (exact) mass is 319 g/mol. The summed E-state index contributed by atoms with van der Waals surface area (Å²) in [6, 6.07) is 5.40. The molecule has 1 aromatic rings. The van der Waals surface area contributed by atoms with E-state index in [1.807, 2.05) is 0 Å². The van der Waals surface area contributed by atoms with Gasteiger partial charge in [-0.05, 0) is 24.1 Å². The Morgan fingerprint density at radius 1 is 1.33 bits per heavy atom. The van der Waals surface area contributed by atoms with Crippen LogP contribution in [0, 0.1) is 0 Å². The molecule has 0 aliphatic carbocycles. The van der Waals surface area contributed by atoms with Crippen LogP contribution in [-0.2, 0) is 21.1 Å². The first-order valence-electron chi connectivity index (χ1n) is 6.37. The largest absolute Gasteiger partial charge is 0.435 e. The summed E-state index contributed by atoms with van der Waals surface area (Å²) in [6.07, 6.45) is 0.487. The van der Waals surface area contributed by atoms with Crippen LogP contribution in [0.2, 0.25) is 0 Å². The number of ether oxygens (including phenoxy) is 1. The minimum Gasteiger partial charge on any atom is -0.435 e. The second-order valence-corrected chi connectivity index (χ2v) is 7.10. The summed E-state index contributed by atoms with van der Waals surface area (Å²) >= 11 is 0. The zero-order chi connectivity index (χ0) is 15.5. The first kappa shape index (κ1) is 15.7. The highest BCUT2D eigenvalue weighted by molar-refractivity contribution is 7.91. The van der Waals surface area contributed by atoms with E-state index in [2.05, 4.69) is 10.1 Å². The van der Waals surface area contributed by atoms with Gasteiger partial charge in [0, 0.05) is 6.04 Å². The molecule has 5 nitrogen and oxygen atoms in total. The Bertz CT molecular complexity index is 601. The Kier molecular flexibility index (Phi) is 4.76. The first-order chi connectivity index (χ1) is 9.84. The summed E-state index contributed by atoms with van der Waals surface area (Å²) in [6.45, 7) is -2.89. The number of alkyl halides is 2. The molecule has 0 saturated carbocycles. The molecule has 0 spiro atoms. The van der Waals surface area contributed by atoms with Gasteiger partial charge in [-0.3, -0.25) is 4.79 Å². The maximum absolute atomic E-state index is 12.0. The minimum absolute atomic E-state index is 0.0241. The summed E-state index contributed by atoms with van der Waals surface area (Å²) in [5.74, 6) is -0.201. The second kappa shape index (κ2) is 6.38. The molecule has 1 atom stereocenters. The molecule has 1 amide bonds. The molecular formula is C13H15F2NO4S. The van der Waals surface area contributed by atoms with Gasteiger partial charge in [0.05, 0.1) is 17.9 Å². The van der Waals surface area contributed by atoms with Crippen molar-refractivity contribution in [1.82, 2.24) is 5.32 Å². The molecule has 1 saturated heterocycles. The fraction of sp³-hybridized carbons (Fsp3) is 0.462. The molecule has 1 aromatic carbocycles. The predicted octanol–water partition coefficient (Wildman–Crippen LogP) is 1.13. The van der Waals surface area contributed by atoms with Gasteiger partial charge in [-0.15, -0.1) is 0 Å². The maximum Gasteiger partial charge on any atom is 0.387 e. The van der Waals surface area contributed by atoms with E-state index < -0.39 is 16.4 Å². The van der Waals surface area contributed by atoms with Crippen molar-refractivity contribution in [3.05, 3.63) is 29.8 Å². The number of sulfone groups is 1. The van der Waals surface area contributed by atoms with E-state index in [4.69, 9.17) is 0 Å². The van der Waals surface area contributed by atoms with Crippen molar-refractivity contribution in [1.29, 1.82) is 0 Å². The third-order valence-electron chi connectivity index (χ3n) is 3.11. The van der Waals surface area contributed by atoms with E-state index in [0.717, 1.165) is 0 Å². The highest BCUT2D eigenvalue weighted by Gasteiger charge is 2.28. The Balaban J connectivity index is 1.85. The average molecular weight is 319 g/mol. The number of benzene rings is 1. The highest BCUT2D eigenvalue weighted by Crippen LogP contribution is 2.16. The topological polar surface area (TPSA) is 72.5 Å². The van der Waals surface area contributed by atoms with Gasteiger partial charge in [0.25, 0.3) is 0 Å². The first-order valence-corrected chi connectivity index (χ1v) is 8.20. The van der Waals surface area contributed by atoms with Crippen molar-refractivity contribution in [3.63, 3.8) is 0 Å². The van der Waals surface area contributed by atoms with Crippen LogP contribution >= 0.6 is 0 Å². The molecule has 0 unspecified atom stereocenters. The molecule has 1 aliphatic heterocycles. The lowest BCUT2D eigenvalue weighted by Gasteiger charge is -2.11. The van der Waals surface area contributed by atoms with Crippen LogP contribution in [0.1, 0.15) is 12.0 Å². The lowest BCUT2D eigenvalue weighted by atomic mass is 10.1. The van der Waals surface area contributed by atoms with Gasteiger partial charge in [0.1, 0.15) is 5.75 Å². The number of rotatable bonds is 5. The van der Waals surface area contributed by atoms with E-state index in [0.29, 0.717) is 12.0 Å². The van der Waals surface area contributed by atoms with Crippen LogP contribution in [0.5, 0.6) is 5.75 Å². The molecule has 0 radical (unpaired) electrons. The second-order valence-electron chi connectivity index (χ2n) is 4.87. The SMILES string of the molecule is O=C(Cc1ccc(OC(F)F)cc1)N[C@@H]1CCS(=O)(=O)C1. The maximum atomic E-state index is 12.0. The third kappa shape index (κ3) is 4.96. The third-order valence-corrected chi connectivity index (χ3v) is 4.88. The molecule has 8 heteroatoms. The number of nitrogens with one attached hydrogen (secondary N) is 1. The van der Waals surface area contributed by atoms with E-state index in [1.165, 1.54) is 24.3 Å². The zero-order valence-corrected chi connectivity index (χ0v) is 11.9. The van der Waals surface area contributed by atoms with Crippen molar-refractivity contribution >= 4 is 15.7 Å². The smallest absolute Gasteiger partial charge is 0.387 e. The van der Waals surface area contributed by atoms with Crippen molar-refractivity contribution < 1.29 is 26.7 Å². The zero-order valence-electron chi connectivity index (χ0n) is 11.1. The lowest BCUT2D eigenvalue weighted by Crippen LogP contribution is -2.36. The molecule has 1 N–H and O–H groups in total. The van der Waals surface area contributed by atoms with E-state index in [9.17, 15) is 22.0 Å². The molecule has 116 valence electrons. The van der Waals surface area contributed by atoms with Gasteiger partial charge in [-0.2, -0.15) is 8.78 Å². The fourth-order valence-corrected chi connectivity index (χ4v) is 3.84. The van der Waals surface area contributed by atoms with Crippen LogP contribution in [0.4, 0.5) is 8.78 Å². The molecule has 21 heavy (non-hydrogen) atoms. The molecule has 1 aliphatic rings. The van der Waals surface area contributed by atoms with Crippen LogP contribution in [0.3, 0.4) is 0 Å². The summed E-state index contributed by atoms with van der Waals surface area (Å²) in [5, 5.41) is 2.66. The van der Waals surface area contributed by atoms with Gasteiger partial charge in [0.2, 0.25) is 5.91 Å². The van der Waals surface area contributed by atoms with Gasteiger partial charge >= 0.3 is 6.61 Å². The Hall–Kier alpha value is -1.70. The number of carbonyl (C=O) groups is 1. The Morgan fingerprint density at radius 2 is 2.00 bits per heavy atom. The van der Waals surface area contributed by atoms with E-state index in [-0.39, 0.29) is 35.6 Å². The lowest BCUT2D eigenvalue weighted by molar-refractivity contribution is -0.121. The number of carbonyl (C=O) groups excluding carboxylic acids is 1. The number of halogens is 2. The molecule has 2 rings (SSSR count). The van der Waals surface area contributed by atoms with Gasteiger partial charge < -0.3 is 10.1 Å². The summed E-state index contributed by atoms with van der Waals surface area (Å²) < 4.78 is 50.7. The summed E-state index contributed by atoms with van der Waals surface area (Å²) in [4.78, 5) is 11.8. The van der Waals surface area contributed by atoms with E-state index in [1.54, 1.807) is 0 Å². The number of hydrogen-bond acceptors (Lipinski definition) is 4. The van der Waals surface area contributed by atoms with Crippen molar-refractivity contribution in [2.75, 3.05) is 11.5 Å². The fourth-order valence-electron chi connectivity index (χ4n) is 2.16. The Morgan fingerprint density at radius 3 is 2.52 bits per heavy atom. The minimum atomic E-state index is -3.03. The number of amides is 1. The summed E-state index contributed by atoms with van der Waals surface area (Å²) in [7, 11) is -3.03. The summed E-state index contributed by atoms with van der Waals surface area (Å²) in [5.41, 5.74) is 0.634. The van der Waals surface area contributed by atoms with Crippen LogP contribution < -0.4 is 10.1 Å². The van der Waals surface area contributed by atoms with Crippen LogP contribution in [-0.4, -0.2) is 38.5 Å². The van der Waals surface area contributed by atoms with Crippen molar-refractivity contribution in [3.8, 4) is 5.75 Å². The molecule has 0 bridgehead atoms. The average Bonchev–Trinajstić information content (AvgIpc) is 2.70. The molecule has 1 heterocycles. The van der Waals surface area contributed by atoms with Gasteiger partial charge in [-0.25, -0.2) is 8.42 Å². The van der Waals surface area contributed by atoms with Gasteiger partial charge in [-0.1, -0.05) is 12.1 Å². The van der Waals surface area contributed by atoms with Gasteiger partial charge in [0.15, 0.2) is 9.84 Å². The van der Waals surface area contributed by atoms with Crippen molar-refractivity contribution in [2.45, 2.75) is 25.5 Å². The number of hydrogen-bond donors (Lipinski definition) is 1. The predicted molar refractivity (Wildman–Crippen MR) is 72.0 cm³/mol. The van der Waals surface area contributed by atoms with Crippen molar-refractivity contribution in [2.24, 2.45) is 0 Å². The molecular weight excluding hydrogens is 304 g/mol. The molecule has 0 aromatic heterocycles. The van der Waals surface area contributed by atoms with Crippen LogP contribution in [0.15, 0.2) is 24.3 Å². The Labute approximate surface area is 121 Å². The highest BCUT2D eigenvalue weighted by atomic mass is 32.2. The standard InChI is InChI=1S/C13H15F2NO4S/c14-13(15)20-11-3-1-9(2-4-11)7-12(17)16-10-5-6-21(18,19)8-10/h1-4,10,13H,5-8H2,(H,16,17)/t10-/m1/s1. The van der Waals surface area contributed by atoms with Crippen LogP contribution in [0.25, 0.3) is 0 Å². The van der Waals surface area contributed by atoms with E-state index >= 15 is 0 Å².